The number of carbonyl (C=O) groups is 1. The topological polar surface area (TPSA) is 75.3 Å². The van der Waals surface area contributed by atoms with Crippen LogP contribution in [0.15, 0.2) is 47.4 Å². The molecule has 0 saturated heterocycles. The van der Waals surface area contributed by atoms with Crippen LogP contribution in [0.3, 0.4) is 0 Å². The highest BCUT2D eigenvalue weighted by atomic mass is 35.5. The first-order chi connectivity index (χ1) is 11.5. The van der Waals surface area contributed by atoms with Crippen molar-refractivity contribution in [2.24, 2.45) is 0 Å². The van der Waals surface area contributed by atoms with Gasteiger partial charge in [-0.3, -0.25) is 10.2 Å². The summed E-state index contributed by atoms with van der Waals surface area (Å²) < 4.78 is 62.6. The molecule has 0 saturated carbocycles. The number of sulfonamides is 1. The zero-order valence-electron chi connectivity index (χ0n) is 12.7. The smallest absolute Gasteiger partial charge is 0.273 e. The molecule has 0 spiro atoms. The number of halogens is 4. The molecular weight excluding hydrogens is 381 g/mol. The molecule has 2 aromatic carbocycles. The third kappa shape index (κ3) is 4.71. The van der Waals surface area contributed by atoms with Crippen LogP contribution in [0, 0.1) is 6.92 Å². The molecule has 0 unspecified atom stereocenters. The molecule has 0 bridgehead atoms. The van der Waals surface area contributed by atoms with Crippen LogP contribution in [0.25, 0.3) is 0 Å². The number of hydrogen-bond donors (Lipinski definition) is 2. The van der Waals surface area contributed by atoms with Gasteiger partial charge in [-0.2, -0.15) is 13.2 Å². The van der Waals surface area contributed by atoms with Gasteiger partial charge in [0, 0.05) is 5.56 Å². The normalized spacial score (nSPS) is 12.0. The van der Waals surface area contributed by atoms with E-state index < -0.39 is 37.6 Å². The highest BCUT2D eigenvalue weighted by Crippen LogP contribution is 2.35. The minimum absolute atomic E-state index is 0.181. The molecule has 0 fully saturated rings. The number of hydrogen-bond acceptors (Lipinski definition) is 3. The van der Waals surface area contributed by atoms with Gasteiger partial charge in [0.2, 0.25) is 0 Å². The number of nitrogens with one attached hydrogen (secondary N) is 2. The summed E-state index contributed by atoms with van der Waals surface area (Å²) in [6.45, 7) is 1.81. The van der Waals surface area contributed by atoms with Gasteiger partial charge >= 0.3 is 6.18 Å². The van der Waals surface area contributed by atoms with E-state index in [0.29, 0.717) is 6.07 Å². The summed E-state index contributed by atoms with van der Waals surface area (Å²) in [4.78, 5) is 12.9. The van der Waals surface area contributed by atoms with Crippen LogP contribution in [-0.2, 0) is 16.2 Å². The standard InChI is InChI=1S/C15H12ClF3N2O3S/c1-9-2-4-10(5-3-9)14(22)20-21-25(23,24)11-6-7-13(16)12(8-11)15(17,18)19/h2-8,21H,1H3,(H,20,22). The van der Waals surface area contributed by atoms with Gasteiger partial charge in [-0.05, 0) is 37.3 Å². The van der Waals surface area contributed by atoms with Crippen LogP contribution < -0.4 is 10.3 Å². The molecule has 2 aromatic rings. The fourth-order valence-corrected chi connectivity index (χ4v) is 2.93. The molecule has 2 N–H and O–H groups in total. The predicted octanol–water partition coefficient (Wildman–Crippen LogP) is 3.29. The highest BCUT2D eigenvalue weighted by molar-refractivity contribution is 7.89. The monoisotopic (exact) mass is 392 g/mol. The van der Waals surface area contributed by atoms with Crippen molar-refractivity contribution in [1.82, 2.24) is 10.3 Å². The van der Waals surface area contributed by atoms with Crippen molar-refractivity contribution >= 4 is 27.5 Å². The molecule has 25 heavy (non-hydrogen) atoms. The molecule has 2 rings (SSSR count). The zero-order valence-corrected chi connectivity index (χ0v) is 14.3. The Morgan fingerprint density at radius 2 is 1.68 bits per heavy atom. The molecule has 0 aliphatic heterocycles. The van der Waals surface area contributed by atoms with E-state index in [9.17, 15) is 26.4 Å². The molecular formula is C15H12ClF3N2O3S. The first-order valence-electron chi connectivity index (χ1n) is 6.76. The van der Waals surface area contributed by atoms with E-state index in [1.54, 1.807) is 17.0 Å². The van der Waals surface area contributed by atoms with E-state index in [-0.39, 0.29) is 5.56 Å². The first-order valence-corrected chi connectivity index (χ1v) is 8.62. The second-order valence-corrected chi connectivity index (χ2v) is 7.15. The number of benzene rings is 2. The Labute approximate surface area is 146 Å². The predicted molar refractivity (Wildman–Crippen MR) is 85.4 cm³/mol. The van der Waals surface area contributed by atoms with Gasteiger partial charge in [0.1, 0.15) is 0 Å². The molecule has 5 nitrogen and oxygen atoms in total. The lowest BCUT2D eigenvalue weighted by Gasteiger charge is -2.12. The van der Waals surface area contributed by atoms with E-state index in [0.717, 1.165) is 17.7 Å². The molecule has 134 valence electrons. The lowest BCUT2D eigenvalue weighted by molar-refractivity contribution is -0.137. The van der Waals surface area contributed by atoms with Gasteiger partial charge in [0.05, 0.1) is 15.5 Å². The summed E-state index contributed by atoms with van der Waals surface area (Å²) in [7, 11) is -4.41. The Kier molecular flexibility index (Phi) is 5.40. The fourth-order valence-electron chi connectivity index (χ4n) is 1.84. The van der Waals surface area contributed by atoms with Gasteiger partial charge < -0.3 is 0 Å². The first kappa shape index (κ1) is 19.2. The van der Waals surface area contributed by atoms with E-state index in [1.165, 1.54) is 12.1 Å². The van der Waals surface area contributed by atoms with Crippen LogP contribution in [0.1, 0.15) is 21.5 Å². The van der Waals surface area contributed by atoms with Gasteiger partial charge in [-0.15, -0.1) is 4.83 Å². The second kappa shape index (κ2) is 7.03. The molecule has 10 heteroatoms. The number of amides is 1. The molecule has 1 amide bonds. The van der Waals surface area contributed by atoms with E-state index in [2.05, 4.69) is 0 Å². The summed E-state index contributed by atoms with van der Waals surface area (Å²) in [5.74, 6) is -0.756. The molecule has 0 aromatic heterocycles. The van der Waals surface area contributed by atoms with Crippen molar-refractivity contribution in [3.05, 3.63) is 64.2 Å². The number of rotatable bonds is 4. The fraction of sp³-hybridized carbons (Fsp3) is 0.133. The third-order valence-electron chi connectivity index (χ3n) is 3.17. The minimum atomic E-state index is -4.81. The van der Waals surface area contributed by atoms with Gasteiger partial charge in [0.25, 0.3) is 15.9 Å². The van der Waals surface area contributed by atoms with Gasteiger partial charge in [-0.1, -0.05) is 29.3 Å². The Balaban J connectivity index is 2.19. The number of aryl methyl sites for hydroxylation is 1. The van der Waals surface area contributed by atoms with E-state index >= 15 is 0 Å². The Hall–Kier alpha value is -2.10. The SMILES string of the molecule is Cc1ccc(C(=O)NNS(=O)(=O)c2ccc(Cl)c(C(F)(F)F)c2)cc1. The van der Waals surface area contributed by atoms with Crippen molar-refractivity contribution < 1.29 is 26.4 Å². The highest BCUT2D eigenvalue weighted by Gasteiger charge is 2.34. The van der Waals surface area contributed by atoms with Crippen molar-refractivity contribution in [1.29, 1.82) is 0 Å². The van der Waals surface area contributed by atoms with Crippen LogP contribution in [-0.4, -0.2) is 14.3 Å². The van der Waals surface area contributed by atoms with Crippen molar-refractivity contribution in [2.45, 2.75) is 18.0 Å². The zero-order chi connectivity index (χ0) is 18.8. The Morgan fingerprint density at radius 3 is 2.24 bits per heavy atom. The minimum Gasteiger partial charge on any atom is -0.273 e. The maximum atomic E-state index is 12.8. The number of hydrazine groups is 1. The average Bonchev–Trinajstić information content (AvgIpc) is 2.52. The van der Waals surface area contributed by atoms with E-state index in [1.807, 2.05) is 12.3 Å². The summed E-state index contributed by atoms with van der Waals surface area (Å²) >= 11 is 5.45. The molecule has 0 radical (unpaired) electrons. The maximum Gasteiger partial charge on any atom is 0.417 e. The van der Waals surface area contributed by atoms with Crippen LogP contribution >= 0.6 is 11.6 Å². The van der Waals surface area contributed by atoms with Gasteiger partial charge in [0.15, 0.2) is 0 Å². The maximum absolute atomic E-state index is 12.8. The van der Waals surface area contributed by atoms with Crippen molar-refractivity contribution in [3.63, 3.8) is 0 Å². The van der Waals surface area contributed by atoms with Gasteiger partial charge in [-0.25, -0.2) is 8.42 Å². The molecule has 0 heterocycles. The Morgan fingerprint density at radius 1 is 1.08 bits per heavy atom. The van der Waals surface area contributed by atoms with Crippen LogP contribution in [0.2, 0.25) is 5.02 Å². The number of alkyl halides is 3. The summed E-state index contributed by atoms with van der Waals surface area (Å²) in [5.41, 5.74) is 1.73. The average molecular weight is 393 g/mol. The van der Waals surface area contributed by atoms with E-state index in [4.69, 9.17) is 11.6 Å². The molecule has 0 aliphatic rings. The lowest BCUT2D eigenvalue weighted by atomic mass is 10.1. The quantitative estimate of drug-likeness (QED) is 0.784. The van der Waals surface area contributed by atoms with Crippen LogP contribution in [0.5, 0.6) is 0 Å². The third-order valence-corrected chi connectivity index (χ3v) is 4.74. The Bertz CT molecular complexity index is 897. The number of carbonyl (C=O) groups excluding carboxylic acids is 1. The summed E-state index contributed by atoms with van der Waals surface area (Å²) in [5, 5.41) is -0.629. The second-order valence-electron chi connectivity index (χ2n) is 5.07. The van der Waals surface area contributed by atoms with Crippen molar-refractivity contribution in [3.8, 4) is 0 Å². The summed E-state index contributed by atoms with van der Waals surface area (Å²) in [6, 6.07) is 8.36. The molecule has 0 atom stereocenters. The van der Waals surface area contributed by atoms with Crippen LogP contribution in [0.4, 0.5) is 13.2 Å². The van der Waals surface area contributed by atoms with Crippen molar-refractivity contribution in [2.75, 3.05) is 0 Å². The molecule has 0 aliphatic carbocycles. The largest absolute Gasteiger partial charge is 0.417 e. The lowest BCUT2D eigenvalue weighted by Crippen LogP contribution is -2.41. The summed E-state index contributed by atoms with van der Waals surface area (Å²) in [6.07, 6.45) is -4.81.